The Hall–Kier alpha value is -1.67. The van der Waals surface area contributed by atoms with Crippen molar-refractivity contribution in [3.8, 4) is 0 Å². The molecule has 1 nitrogen and oxygen atoms in total. The lowest BCUT2D eigenvalue weighted by Gasteiger charge is -2.14. The van der Waals surface area contributed by atoms with E-state index in [1.165, 1.54) is 36.1 Å². The summed E-state index contributed by atoms with van der Waals surface area (Å²) in [6.07, 6.45) is 3.24. The molecule has 0 atom stereocenters. The summed E-state index contributed by atoms with van der Waals surface area (Å²) >= 11 is 0. The fraction of sp³-hybridized carbons (Fsp3) is 0.294. The van der Waals surface area contributed by atoms with E-state index in [1.807, 2.05) is 12.1 Å². The van der Waals surface area contributed by atoms with Crippen molar-refractivity contribution in [3.05, 3.63) is 71.0 Å². The maximum absolute atomic E-state index is 12.9. The van der Waals surface area contributed by atoms with Crippen molar-refractivity contribution in [3.63, 3.8) is 0 Å². The Balaban J connectivity index is 1.82. The van der Waals surface area contributed by atoms with Crippen molar-refractivity contribution >= 4 is 0 Å². The van der Waals surface area contributed by atoms with Crippen molar-refractivity contribution < 1.29 is 4.39 Å². The van der Waals surface area contributed by atoms with E-state index in [2.05, 4.69) is 24.3 Å². The second kappa shape index (κ2) is 4.78. The molecule has 2 heteroatoms. The number of halogens is 1. The van der Waals surface area contributed by atoms with Crippen LogP contribution in [0, 0.1) is 5.82 Å². The zero-order chi connectivity index (χ0) is 13.3. The smallest absolute Gasteiger partial charge is 0.123 e. The van der Waals surface area contributed by atoms with Crippen LogP contribution in [0.3, 0.4) is 0 Å². The number of hydrogen-bond donors (Lipinski definition) is 1. The molecular weight excluding hydrogens is 237 g/mol. The summed E-state index contributed by atoms with van der Waals surface area (Å²) < 4.78 is 12.9. The van der Waals surface area contributed by atoms with Gasteiger partial charge in [-0.05, 0) is 48.1 Å². The van der Waals surface area contributed by atoms with E-state index in [9.17, 15) is 4.39 Å². The molecule has 2 aromatic rings. The normalized spacial score (nSPS) is 16.3. The predicted octanol–water partition coefficient (Wildman–Crippen LogP) is 3.41. The lowest BCUT2D eigenvalue weighted by Crippen LogP contribution is -2.19. The van der Waals surface area contributed by atoms with Crippen LogP contribution < -0.4 is 5.73 Å². The molecule has 0 spiro atoms. The third kappa shape index (κ3) is 2.54. The third-order valence-corrected chi connectivity index (χ3v) is 4.11. The molecule has 0 heterocycles. The first kappa shape index (κ1) is 12.4. The van der Waals surface area contributed by atoms with E-state index in [-0.39, 0.29) is 11.2 Å². The molecule has 0 unspecified atom stereocenters. The maximum Gasteiger partial charge on any atom is 0.123 e. The van der Waals surface area contributed by atoms with Gasteiger partial charge in [0.05, 0.1) is 0 Å². The van der Waals surface area contributed by atoms with E-state index >= 15 is 0 Å². The van der Waals surface area contributed by atoms with Gasteiger partial charge in [-0.2, -0.15) is 0 Å². The molecule has 2 N–H and O–H groups in total. The highest BCUT2D eigenvalue weighted by molar-refractivity contribution is 5.37. The standard InChI is InChI=1S/C17H18FN/c18-16-6-4-13(5-7-16)10-14-2-1-3-15(11-14)17(12-19)8-9-17/h1-7,11H,8-10,12,19H2. The Morgan fingerprint density at radius 1 is 1.00 bits per heavy atom. The Morgan fingerprint density at radius 2 is 1.74 bits per heavy atom. The van der Waals surface area contributed by atoms with Crippen molar-refractivity contribution in [1.29, 1.82) is 0 Å². The van der Waals surface area contributed by atoms with Gasteiger partial charge in [-0.1, -0.05) is 36.4 Å². The lowest BCUT2D eigenvalue weighted by atomic mass is 9.93. The van der Waals surface area contributed by atoms with Crippen LogP contribution in [0.5, 0.6) is 0 Å². The molecule has 0 aliphatic heterocycles. The number of rotatable bonds is 4. The van der Waals surface area contributed by atoms with Gasteiger partial charge in [-0.15, -0.1) is 0 Å². The van der Waals surface area contributed by atoms with Gasteiger partial charge in [0.2, 0.25) is 0 Å². The highest BCUT2D eigenvalue weighted by Gasteiger charge is 2.42. The summed E-state index contributed by atoms with van der Waals surface area (Å²) in [7, 11) is 0. The molecule has 2 aromatic carbocycles. The summed E-state index contributed by atoms with van der Waals surface area (Å²) in [5, 5.41) is 0. The Kier molecular flexibility index (Phi) is 3.11. The summed E-state index contributed by atoms with van der Waals surface area (Å²) in [6, 6.07) is 15.4. The summed E-state index contributed by atoms with van der Waals surface area (Å²) in [5.41, 5.74) is 9.87. The minimum atomic E-state index is -0.183. The summed E-state index contributed by atoms with van der Waals surface area (Å²) in [6.45, 7) is 0.729. The van der Waals surface area contributed by atoms with E-state index < -0.39 is 0 Å². The summed E-state index contributed by atoms with van der Waals surface area (Å²) in [4.78, 5) is 0. The number of benzene rings is 2. The van der Waals surface area contributed by atoms with Crippen LogP contribution in [0.4, 0.5) is 4.39 Å². The van der Waals surface area contributed by atoms with Crippen LogP contribution in [0.15, 0.2) is 48.5 Å². The first-order valence-corrected chi connectivity index (χ1v) is 6.76. The van der Waals surface area contributed by atoms with Crippen LogP contribution in [0.1, 0.15) is 29.5 Å². The van der Waals surface area contributed by atoms with Gasteiger partial charge in [0.15, 0.2) is 0 Å². The van der Waals surface area contributed by atoms with Crippen LogP contribution in [0.25, 0.3) is 0 Å². The van der Waals surface area contributed by atoms with Gasteiger partial charge in [-0.25, -0.2) is 4.39 Å². The topological polar surface area (TPSA) is 26.0 Å². The molecule has 0 bridgehead atoms. The Morgan fingerprint density at radius 3 is 2.37 bits per heavy atom. The molecular formula is C17H18FN. The third-order valence-electron chi connectivity index (χ3n) is 4.11. The quantitative estimate of drug-likeness (QED) is 0.890. The van der Waals surface area contributed by atoms with E-state index in [1.54, 1.807) is 0 Å². The molecule has 3 rings (SSSR count). The zero-order valence-corrected chi connectivity index (χ0v) is 10.9. The van der Waals surface area contributed by atoms with Crippen LogP contribution in [-0.4, -0.2) is 6.54 Å². The fourth-order valence-corrected chi connectivity index (χ4v) is 2.61. The second-order valence-corrected chi connectivity index (χ2v) is 5.49. The van der Waals surface area contributed by atoms with Crippen LogP contribution >= 0.6 is 0 Å². The van der Waals surface area contributed by atoms with Crippen molar-refractivity contribution in [1.82, 2.24) is 0 Å². The monoisotopic (exact) mass is 255 g/mol. The highest BCUT2D eigenvalue weighted by atomic mass is 19.1. The zero-order valence-electron chi connectivity index (χ0n) is 10.9. The van der Waals surface area contributed by atoms with Crippen molar-refractivity contribution in [2.75, 3.05) is 6.54 Å². The molecule has 19 heavy (non-hydrogen) atoms. The van der Waals surface area contributed by atoms with E-state index in [0.29, 0.717) is 0 Å². The second-order valence-electron chi connectivity index (χ2n) is 5.49. The van der Waals surface area contributed by atoms with Crippen molar-refractivity contribution in [2.45, 2.75) is 24.7 Å². The molecule has 1 fully saturated rings. The molecule has 98 valence electrons. The first-order valence-electron chi connectivity index (χ1n) is 6.76. The average molecular weight is 255 g/mol. The largest absolute Gasteiger partial charge is 0.330 e. The van der Waals surface area contributed by atoms with Gasteiger partial charge in [0.25, 0.3) is 0 Å². The van der Waals surface area contributed by atoms with Gasteiger partial charge < -0.3 is 5.73 Å². The molecule has 0 saturated heterocycles. The minimum Gasteiger partial charge on any atom is -0.330 e. The SMILES string of the molecule is NCC1(c2cccc(Cc3ccc(F)cc3)c2)CC1. The molecule has 0 radical (unpaired) electrons. The Bertz CT molecular complexity index is 570. The molecule has 0 aromatic heterocycles. The van der Waals surface area contributed by atoms with Gasteiger partial charge in [0.1, 0.15) is 5.82 Å². The molecule has 0 amide bonds. The Labute approximate surface area is 113 Å². The van der Waals surface area contributed by atoms with Gasteiger partial charge in [-0.3, -0.25) is 0 Å². The van der Waals surface area contributed by atoms with Gasteiger partial charge >= 0.3 is 0 Å². The lowest BCUT2D eigenvalue weighted by molar-refractivity contribution is 0.627. The minimum absolute atomic E-state index is 0.183. The number of hydrogen-bond acceptors (Lipinski definition) is 1. The fourth-order valence-electron chi connectivity index (χ4n) is 2.61. The number of nitrogens with two attached hydrogens (primary N) is 1. The average Bonchev–Trinajstić information content (AvgIpc) is 3.23. The summed E-state index contributed by atoms with van der Waals surface area (Å²) in [5.74, 6) is -0.183. The van der Waals surface area contributed by atoms with Crippen LogP contribution in [0.2, 0.25) is 0 Å². The van der Waals surface area contributed by atoms with E-state index in [0.717, 1.165) is 18.5 Å². The predicted molar refractivity (Wildman–Crippen MR) is 75.6 cm³/mol. The van der Waals surface area contributed by atoms with Crippen LogP contribution in [-0.2, 0) is 11.8 Å². The van der Waals surface area contributed by atoms with Gasteiger partial charge in [0, 0.05) is 12.0 Å². The van der Waals surface area contributed by atoms with E-state index in [4.69, 9.17) is 5.73 Å². The maximum atomic E-state index is 12.9. The highest BCUT2D eigenvalue weighted by Crippen LogP contribution is 2.47. The van der Waals surface area contributed by atoms with Crippen molar-refractivity contribution in [2.24, 2.45) is 5.73 Å². The molecule has 1 aliphatic rings. The molecule has 1 aliphatic carbocycles. The molecule has 1 saturated carbocycles. The first-order chi connectivity index (χ1) is 9.22.